The minimum atomic E-state index is -1.16. The summed E-state index contributed by atoms with van der Waals surface area (Å²) in [5, 5.41) is 28.6. The van der Waals surface area contributed by atoms with Crippen molar-refractivity contribution in [3.63, 3.8) is 0 Å². The Morgan fingerprint density at radius 2 is 1.62 bits per heavy atom. The van der Waals surface area contributed by atoms with Gasteiger partial charge in [-0.2, -0.15) is 0 Å². The minimum absolute atomic E-state index is 0.0874. The van der Waals surface area contributed by atoms with E-state index in [4.69, 9.17) is 19.4 Å². The van der Waals surface area contributed by atoms with Crippen LogP contribution in [0.3, 0.4) is 0 Å². The number of imidazole rings is 1. The minimum Gasteiger partial charge on any atom is -0.387 e. The van der Waals surface area contributed by atoms with E-state index < -0.39 is 24.5 Å². The van der Waals surface area contributed by atoms with Crippen molar-refractivity contribution in [3.05, 3.63) is 83.9 Å². The van der Waals surface area contributed by atoms with Gasteiger partial charge in [0.2, 0.25) is 0 Å². The second-order valence-electron chi connectivity index (χ2n) is 10.8. The van der Waals surface area contributed by atoms with Gasteiger partial charge in [0.05, 0.1) is 12.9 Å². The van der Waals surface area contributed by atoms with Gasteiger partial charge < -0.3 is 30.3 Å². The van der Waals surface area contributed by atoms with Crippen molar-refractivity contribution < 1.29 is 19.7 Å². The van der Waals surface area contributed by atoms with Crippen LogP contribution in [0.2, 0.25) is 0 Å². The number of hydrogen-bond donors (Lipinski definition) is 4. The van der Waals surface area contributed by atoms with Crippen molar-refractivity contribution in [1.82, 2.24) is 24.8 Å². The molecule has 10 heteroatoms. The molecule has 5 rings (SSSR count). The summed E-state index contributed by atoms with van der Waals surface area (Å²) >= 11 is 0. The number of aromatic nitrogens is 4. The highest BCUT2D eigenvalue weighted by atomic mass is 16.6. The molecular formula is C32H42N6O4. The van der Waals surface area contributed by atoms with Crippen molar-refractivity contribution >= 4 is 17.0 Å². The molecule has 0 saturated carbocycles. The number of aliphatic hydroxyl groups excluding tert-OH is 2. The highest BCUT2D eigenvalue weighted by Crippen LogP contribution is 2.33. The van der Waals surface area contributed by atoms with Crippen molar-refractivity contribution in [2.75, 3.05) is 32.1 Å². The van der Waals surface area contributed by atoms with Gasteiger partial charge in [-0.05, 0) is 24.0 Å². The third kappa shape index (κ3) is 6.63. The number of nitrogens with one attached hydrogen (secondary N) is 2. The smallest absolute Gasteiger partial charge is 0.167 e. The van der Waals surface area contributed by atoms with Gasteiger partial charge in [0.15, 0.2) is 23.2 Å². The Labute approximate surface area is 247 Å². The Hall–Kier alpha value is -3.41. The van der Waals surface area contributed by atoms with Crippen molar-refractivity contribution in [3.8, 4) is 0 Å². The predicted molar refractivity (Wildman–Crippen MR) is 162 cm³/mol. The molecule has 0 amide bonds. The lowest BCUT2D eigenvalue weighted by Gasteiger charge is -2.20. The van der Waals surface area contributed by atoms with Gasteiger partial charge in [-0.25, -0.2) is 15.0 Å². The fourth-order valence-electron chi connectivity index (χ4n) is 5.61. The summed E-state index contributed by atoms with van der Waals surface area (Å²) in [5.74, 6) is 1.36. The van der Waals surface area contributed by atoms with E-state index in [0.29, 0.717) is 41.8 Å². The maximum absolute atomic E-state index is 10.9. The van der Waals surface area contributed by atoms with Gasteiger partial charge in [0, 0.05) is 38.6 Å². The molecule has 1 aliphatic rings. The van der Waals surface area contributed by atoms with Crippen LogP contribution in [0.4, 0.5) is 5.82 Å². The second kappa shape index (κ2) is 14.2. The number of rotatable bonds is 14. The molecule has 224 valence electrons. The first-order valence-corrected chi connectivity index (χ1v) is 14.8. The van der Waals surface area contributed by atoms with Gasteiger partial charge >= 0.3 is 0 Å². The molecule has 0 radical (unpaired) electrons. The molecule has 1 saturated heterocycles. The molecule has 3 heterocycles. The molecule has 2 aromatic carbocycles. The second-order valence-corrected chi connectivity index (χ2v) is 10.8. The molecule has 0 spiro atoms. The third-order valence-corrected chi connectivity index (χ3v) is 8.05. The van der Waals surface area contributed by atoms with E-state index in [1.165, 1.54) is 18.2 Å². The van der Waals surface area contributed by atoms with E-state index in [1.54, 1.807) is 10.9 Å². The van der Waals surface area contributed by atoms with E-state index in [2.05, 4.69) is 78.0 Å². The van der Waals surface area contributed by atoms with Crippen LogP contribution in [-0.4, -0.2) is 80.9 Å². The molecule has 4 aromatic rings. The van der Waals surface area contributed by atoms with Crippen LogP contribution in [0, 0.1) is 0 Å². The Kier molecular flexibility index (Phi) is 10.1. The van der Waals surface area contributed by atoms with Crippen LogP contribution in [0.5, 0.6) is 0 Å². The first kappa shape index (κ1) is 30.1. The number of ether oxygens (including phenoxy) is 2. The number of fused-ring (bicyclic) bond motifs is 1. The van der Waals surface area contributed by atoms with E-state index in [0.717, 1.165) is 19.4 Å². The Balaban J connectivity index is 1.47. The van der Waals surface area contributed by atoms with E-state index in [9.17, 15) is 10.2 Å². The molecule has 10 nitrogen and oxygen atoms in total. The monoisotopic (exact) mass is 574 g/mol. The summed E-state index contributed by atoms with van der Waals surface area (Å²) in [6, 6.07) is 21.3. The summed E-state index contributed by atoms with van der Waals surface area (Å²) in [6.45, 7) is 5.85. The first-order chi connectivity index (χ1) is 20.5. The first-order valence-electron chi connectivity index (χ1n) is 14.8. The molecular weight excluding hydrogens is 532 g/mol. The maximum atomic E-state index is 10.9. The number of methoxy groups -OCH3 is 1. The molecule has 4 unspecified atom stereocenters. The van der Waals surface area contributed by atoms with Crippen LogP contribution < -0.4 is 10.6 Å². The third-order valence-electron chi connectivity index (χ3n) is 8.05. The van der Waals surface area contributed by atoms with Crippen LogP contribution in [-0.2, 0) is 15.9 Å². The summed E-state index contributed by atoms with van der Waals surface area (Å²) in [7, 11) is 1.54. The Morgan fingerprint density at radius 3 is 2.24 bits per heavy atom. The van der Waals surface area contributed by atoms with E-state index >= 15 is 0 Å². The van der Waals surface area contributed by atoms with E-state index in [1.807, 2.05) is 12.1 Å². The highest BCUT2D eigenvalue weighted by Gasteiger charge is 2.44. The van der Waals surface area contributed by atoms with Crippen molar-refractivity contribution in [2.45, 2.75) is 69.6 Å². The summed E-state index contributed by atoms with van der Waals surface area (Å²) in [4.78, 5) is 14.4. The average Bonchev–Trinajstić information content (AvgIpc) is 3.57. The molecule has 0 bridgehead atoms. The van der Waals surface area contributed by atoms with Crippen LogP contribution in [0.25, 0.3) is 11.2 Å². The largest absolute Gasteiger partial charge is 0.387 e. The number of nitrogens with zero attached hydrogens (tertiary/aromatic N) is 4. The number of aliphatic hydroxyl groups is 2. The Bertz CT molecular complexity index is 1360. The average molecular weight is 575 g/mol. The van der Waals surface area contributed by atoms with Crippen molar-refractivity contribution in [1.29, 1.82) is 0 Å². The fraction of sp³-hybridized carbons (Fsp3) is 0.469. The lowest BCUT2D eigenvalue weighted by atomic mass is 9.91. The molecule has 4 atom stereocenters. The van der Waals surface area contributed by atoms with Crippen LogP contribution in [0.1, 0.15) is 55.8 Å². The number of hydrogen-bond acceptors (Lipinski definition) is 9. The van der Waals surface area contributed by atoms with Crippen LogP contribution >= 0.6 is 0 Å². The summed E-state index contributed by atoms with van der Waals surface area (Å²) in [5.41, 5.74) is 3.51. The normalized spacial score (nSPS) is 20.6. The molecule has 4 N–H and O–H groups in total. The lowest BCUT2D eigenvalue weighted by Crippen LogP contribution is -2.33. The van der Waals surface area contributed by atoms with Crippen molar-refractivity contribution in [2.24, 2.45) is 0 Å². The van der Waals surface area contributed by atoms with Gasteiger partial charge in [-0.3, -0.25) is 4.57 Å². The predicted octanol–water partition coefficient (Wildman–Crippen LogP) is 3.66. The summed E-state index contributed by atoms with van der Waals surface area (Å²) in [6.07, 6.45) is 0.561. The fourth-order valence-corrected chi connectivity index (χ4v) is 5.61. The zero-order valence-corrected chi connectivity index (χ0v) is 24.6. The zero-order chi connectivity index (χ0) is 29.5. The van der Waals surface area contributed by atoms with Gasteiger partial charge in [-0.15, -0.1) is 0 Å². The topological polar surface area (TPSA) is 127 Å². The summed E-state index contributed by atoms with van der Waals surface area (Å²) < 4.78 is 12.9. The number of anilines is 1. The molecule has 0 aliphatic carbocycles. The molecule has 42 heavy (non-hydrogen) atoms. The lowest BCUT2D eigenvalue weighted by molar-refractivity contribution is -0.0580. The maximum Gasteiger partial charge on any atom is 0.167 e. The van der Waals surface area contributed by atoms with Gasteiger partial charge in [0.25, 0.3) is 0 Å². The van der Waals surface area contributed by atoms with E-state index in [-0.39, 0.29) is 12.5 Å². The zero-order valence-electron chi connectivity index (χ0n) is 24.6. The number of benzene rings is 2. The molecule has 1 fully saturated rings. The highest BCUT2D eigenvalue weighted by molar-refractivity contribution is 5.83. The molecule has 2 aromatic heterocycles. The van der Waals surface area contributed by atoms with Gasteiger partial charge in [0.1, 0.15) is 24.1 Å². The van der Waals surface area contributed by atoms with Gasteiger partial charge in [-0.1, -0.05) is 74.5 Å². The quantitative estimate of drug-likeness (QED) is 0.178. The SMILES string of the molecule is CCC(CC)NCCc1nc(NCC(c2ccccc2)c2ccccc2)c2ncn(C3OC(COC)C(O)C3O)c2n1. The van der Waals surface area contributed by atoms with Crippen LogP contribution in [0.15, 0.2) is 67.0 Å². The Morgan fingerprint density at radius 1 is 0.952 bits per heavy atom. The molecule has 1 aliphatic heterocycles. The standard InChI is InChI=1S/C32H42N6O4/c1-4-23(5-2)33-17-16-26-36-30(34-18-24(21-12-8-6-9-13-21)22-14-10-7-11-15-22)27-31(37-26)38(20-35-27)32-29(40)28(39)25(42-32)19-41-3/h6-15,20,23-25,28-29,32-33,39-40H,4-5,16-19H2,1-3H3,(H,34,36,37).